The lowest BCUT2D eigenvalue weighted by Gasteiger charge is -2.32. The minimum Gasteiger partial charge on any atom is -0.341 e. The second kappa shape index (κ2) is 7.21. The van der Waals surface area contributed by atoms with Gasteiger partial charge in [-0.1, -0.05) is 0 Å². The summed E-state index contributed by atoms with van der Waals surface area (Å²) in [6.07, 6.45) is 12.1. The Morgan fingerprint density at radius 1 is 1.05 bits per heavy atom. The van der Waals surface area contributed by atoms with Crippen molar-refractivity contribution >= 4 is 5.95 Å². The molecular weight excluding hydrogens is 260 g/mol. The van der Waals surface area contributed by atoms with E-state index in [1.165, 1.54) is 58.2 Å². The van der Waals surface area contributed by atoms with Crippen LogP contribution in [0.5, 0.6) is 0 Å². The lowest BCUT2D eigenvalue weighted by Crippen LogP contribution is -2.35. The van der Waals surface area contributed by atoms with Crippen LogP contribution in [0.1, 0.15) is 44.1 Å². The number of aromatic nitrogens is 2. The molecule has 1 aromatic heterocycles. The van der Waals surface area contributed by atoms with E-state index in [-0.39, 0.29) is 0 Å². The van der Waals surface area contributed by atoms with Crippen LogP contribution in [-0.2, 0) is 0 Å². The van der Waals surface area contributed by atoms with Gasteiger partial charge in [-0.2, -0.15) is 0 Å². The lowest BCUT2D eigenvalue weighted by atomic mass is 9.92. The molecule has 0 atom stereocenters. The number of rotatable bonds is 5. The maximum absolute atomic E-state index is 4.45. The Balaban J connectivity index is 1.37. The molecule has 0 bridgehead atoms. The largest absolute Gasteiger partial charge is 0.341 e. The molecule has 2 aliphatic heterocycles. The molecule has 0 unspecified atom stereocenters. The van der Waals surface area contributed by atoms with Crippen LogP contribution in [0.15, 0.2) is 12.4 Å². The Morgan fingerprint density at radius 2 is 1.71 bits per heavy atom. The van der Waals surface area contributed by atoms with E-state index < -0.39 is 0 Å². The minimum absolute atomic E-state index is 0.911. The molecule has 0 amide bonds. The molecule has 4 nitrogen and oxygen atoms in total. The number of anilines is 1. The standard InChI is InChI=1S/C17H28N4/c1-15-13-18-17(19-14-15)21-11-6-16(7-12-21)5-4-10-20-8-2-3-9-20/h13-14,16H,2-12H2,1H3. The zero-order valence-electron chi connectivity index (χ0n) is 13.3. The van der Waals surface area contributed by atoms with Crippen LogP contribution in [0.25, 0.3) is 0 Å². The van der Waals surface area contributed by atoms with Gasteiger partial charge >= 0.3 is 0 Å². The van der Waals surface area contributed by atoms with E-state index in [9.17, 15) is 0 Å². The molecule has 0 N–H and O–H groups in total. The molecule has 0 radical (unpaired) electrons. The van der Waals surface area contributed by atoms with Crippen LogP contribution >= 0.6 is 0 Å². The number of hydrogen-bond acceptors (Lipinski definition) is 4. The molecule has 116 valence electrons. The van der Waals surface area contributed by atoms with Gasteiger partial charge in [-0.05, 0) is 76.6 Å². The van der Waals surface area contributed by atoms with Gasteiger partial charge in [-0.25, -0.2) is 9.97 Å². The van der Waals surface area contributed by atoms with Crippen molar-refractivity contribution in [1.82, 2.24) is 14.9 Å². The van der Waals surface area contributed by atoms with Crippen LogP contribution in [-0.4, -0.2) is 47.6 Å². The monoisotopic (exact) mass is 288 g/mol. The van der Waals surface area contributed by atoms with Crippen molar-refractivity contribution in [2.45, 2.75) is 45.4 Å². The van der Waals surface area contributed by atoms with Gasteiger partial charge in [0.15, 0.2) is 0 Å². The first-order valence-electron chi connectivity index (χ1n) is 8.57. The van der Waals surface area contributed by atoms with Crippen molar-refractivity contribution in [2.24, 2.45) is 5.92 Å². The van der Waals surface area contributed by atoms with Crippen LogP contribution in [0.2, 0.25) is 0 Å². The molecule has 1 aromatic rings. The van der Waals surface area contributed by atoms with E-state index in [0.29, 0.717) is 0 Å². The number of likely N-dealkylation sites (tertiary alicyclic amines) is 1. The zero-order valence-corrected chi connectivity index (χ0v) is 13.3. The summed E-state index contributed by atoms with van der Waals surface area (Å²) in [5.74, 6) is 1.82. The average molecular weight is 288 g/mol. The molecule has 2 saturated heterocycles. The maximum Gasteiger partial charge on any atom is 0.225 e. The quantitative estimate of drug-likeness (QED) is 0.834. The smallest absolute Gasteiger partial charge is 0.225 e. The molecular formula is C17H28N4. The molecule has 3 rings (SSSR count). The van der Waals surface area contributed by atoms with Gasteiger partial charge in [-0.15, -0.1) is 0 Å². The minimum atomic E-state index is 0.911. The molecule has 0 aromatic carbocycles. The first kappa shape index (κ1) is 14.8. The topological polar surface area (TPSA) is 32.3 Å². The van der Waals surface area contributed by atoms with Crippen molar-refractivity contribution in [2.75, 3.05) is 37.6 Å². The SMILES string of the molecule is Cc1cnc(N2CCC(CCCN3CCCC3)CC2)nc1. The number of aryl methyl sites for hydroxylation is 1. The summed E-state index contributed by atoms with van der Waals surface area (Å²) >= 11 is 0. The maximum atomic E-state index is 4.45. The van der Waals surface area contributed by atoms with Gasteiger partial charge in [0.2, 0.25) is 5.95 Å². The van der Waals surface area contributed by atoms with Gasteiger partial charge < -0.3 is 9.80 Å². The highest BCUT2D eigenvalue weighted by Crippen LogP contribution is 2.24. The second-order valence-corrected chi connectivity index (χ2v) is 6.68. The fourth-order valence-electron chi connectivity index (χ4n) is 3.58. The van der Waals surface area contributed by atoms with Gasteiger partial charge in [0.05, 0.1) is 0 Å². The van der Waals surface area contributed by atoms with Gasteiger partial charge in [-0.3, -0.25) is 0 Å². The van der Waals surface area contributed by atoms with Gasteiger partial charge in [0, 0.05) is 25.5 Å². The summed E-state index contributed by atoms with van der Waals surface area (Å²) in [7, 11) is 0. The van der Waals surface area contributed by atoms with Crippen LogP contribution in [0.4, 0.5) is 5.95 Å². The first-order chi connectivity index (χ1) is 10.3. The number of hydrogen-bond donors (Lipinski definition) is 0. The van der Waals surface area contributed by atoms with Crippen LogP contribution in [0, 0.1) is 12.8 Å². The zero-order chi connectivity index (χ0) is 14.5. The highest BCUT2D eigenvalue weighted by atomic mass is 15.2. The summed E-state index contributed by atoms with van der Waals surface area (Å²) in [6, 6.07) is 0. The van der Waals surface area contributed by atoms with Crippen molar-refractivity contribution in [3.63, 3.8) is 0 Å². The van der Waals surface area contributed by atoms with Crippen molar-refractivity contribution in [1.29, 1.82) is 0 Å². The highest BCUT2D eigenvalue weighted by Gasteiger charge is 2.21. The predicted molar refractivity (Wildman–Crippen MR) is 86.6 cm³/mol. The molecule has 2 fully saturated rings. The molecule has 21 heavy (non-hydrogen) atoms. The third-order valence-electron chi connectivity index (χ3n) is 4.95. The first-order valence-corrected chi connectivity index (χ1v) is 8.57. The van der Waals surface area contributed by atoms with E-state index in [4.69, 9.17) is 0 Å². The molecule has 0 spiro atoms. The Bertz CT molecular complexity index is 417. The second-order valence-electron chi connectivity index (χ2n) is 6.68. The fraction of sp³-hybridized carbons (Fsp3) is 0.765. The highest BCUT2D eigenvalue weighted by molar-refractivity contribution is 5.30. The van der Waals surface area contributed by atoms with E-state index in [0.717, 1.165) is 30.5 Å². The molecule has 0 saturated carbocycles. The van der Waals surface area contributed by atoms with Crippen LogP contribution in [0.3, 0.4) is 0 Å². The van der Waals surface area contributed by atoms with E-state index in [1.54, 1.807) is 0 Å². The van der Waals surface area contributed by atoms with E-state index in [2.05, 4.69) is 19.8 Å². The predicted octanol–water partition coefficient (Wildman–Crippen LogP) is 2.88. The fourth-order valence-corrected chi connectivity index (χ4v) is 3.58. The Hall–Kier alpha value is -1.16. The molecule has 2 aliphatic rings. The van der Waals surface area contributed by atoms with Crippen molar-refractivity contribution < 1.29 is 0 Å². The van der Waals surface area contributed by atoms with Crippen molar-refractivity contribution in [3.8, 4) is 0 Å². The average Bonchev–Trinajstić information content (AvgIpc) is 3.02. The summed E-state index contributed by atoms with van der Waals surface area (Å²) in [4.78, 5) is 13.9. The molecule has 3 heterocycles. The normalized spacial score (nSPS) is 21.1. The Kier molecular flexibility index (Phi) is 5.07. The third-order valence-corrected chi connectivity index (χ3v) is 4.95. The third kappa shape index (κ3) is 4.16. The van der Waals surface area contributed by atoms with Crippen molar-refractivity contribution in [3.05, 3.63) is 18.0 Å². The van der Waals surface area contributed by atoms with E-state index >= 15 is 0 Å². The molecule has 4 heteroatoms. The Labute approximate surface area is 128 Å². The number of nitrogens with zero attached hydrogens (tertiary/aromatic N) is 4. The molecule has 0 aliphatic carbocycles. The Morgan fingerprint density at radius 3 is 2.38 bits per heavy atom. The van der Waals surface area contributed by atoms with E-state index in [1.807, 2.05) is 19.3 Å². The van der Waals surface area contributed by atoms with Gasteiger partial charge in [0.1, 0.15) is 0 Å². The van der Waals surface area contributed by atoms with Crippen LogP contribution < -0.4 is 4.90 Å². The summed E-state index contributed by atoms with van der Waals surface area (Å²) < 4.78 is 0. The van der Waals surface area contributed by atoms with Gasteiger partial charge in [0.25, 0.3) is 0 Å². The summed E-state index contributed by atoms with van der Waals surface area (Å²) in [5, 5.41) is 0. The summed E-state index contributed by atoms with van der Waals surface area (Å²) in [5.41, 5.74) is 1.13. The summed E-state index contributed by atoms with van der Waals surface area (Å²) in [6.45, 7) is 8.28. The lowest BCUT2D eigenvalue weighted by molar-refractivity contribution is 0.299. The number of piperidine rings is 1.